The van der Waals surface area contributed by atoms with E-state index in [0.29, 0.717) is 0 Å². The average molecular weight is 286 g/mol. The second-order valence-electron chi connectivity index (χ2n) is 4.08. The second-order valence-corrected chi connectivity index (χ2v) is 5.13. The molecule has 0 atom stereocenters. The summed E-state index contributed by atoms with van der Waals surface area (Å²) in [6.45, 7) is -0.130. The highest BCUT2D eigenvalue weighted by molar-refractivity contribution is 7.98. The van der Waals surface area contributed by atoms with Gasteiger partial charge in [-0.05, 0) is 5.56 Å². The van der Waals surface area contributed by atoms with Gasteiger partial charge in [-0.1, -0.05) is 30.3 Å². The molecule has 0 bridgehead atoms. The predicted molar refractivity (Wildman–Crippen MR) is 68.9 cm³/mol. The first-order valence-corrected chi connectivity index (χ1v) is 6.77. The van der Waals surface area contributed by atoms with Gasteiger partial charge in [0.05, 0.1) is 12.6 Å². The van der Waals surface area contributed by atoms with Crippen LogP contribution in [0, 0.1) is 0 Å². The normalized spacial score (nSPS) is 11.7. The molecule has 2 nitrogen and oxygen atoms in total. The number of halogens is 3. The van der Waals surface area contributed by atoms with Gasteiger partial charge >= 0.3 is 6.18 Å². The van der Waals surface area contributed by atoms with Crippen molar-refractivity contribution >= 4 is 11.8 Å². The SMILES string of the molecule is FC(F)(F)CCn1cc(SCc2ccccc2)cn1. The first kappa shape index (κ1) is 14.0. The molecule has 0 radical (unpaired) electrons. The molecule has 6 heteroatoms. The zero-order chi connectivity index (χ0) is 13.7. The molecule has 2 rings (SSSR count). The van der Waals surface area contributed by atoms with Crippen molar-refractivity contribution in [1.82, 2.24) is 9.78 Å². The van der Waals surface area contributed by atoms with Crippen LogP contribution in [-0.4, -0.2) is 16.0 Å². The Morgan fingerprint density at radius 3 is 2.58 bits per heavy atom. The monoisotopic (exact) mass is 286 g/mol. The Morgan fingerprint density at radius 2 is 1.89 bits per heavy atom. The van der Waals surface area contributed by atoms with Gasteiger partial charge < -0.3 is 0 Å². The molecule has 0 N–H and O–H groups in total. The standard InChI is InChI=1S/C13H13F3N2S/c14-13(15,16)6-7-18-9-12(8-17-18)19-10-11-4-2-1-3-5-11/h1-5,8-9H,6-7,10H2. The van der Waals surface area contributed by atoms with Gasteiger partial charge in [-0.3, -0.25) is 4.68 Å². The number of hydrogen-bond donors (Lipinski definition) is 0. The molecule has 0 amide bonds. The Hall–Kier alpha value is -1.43. The minimum Gasteiger partial charge on any atom is -0.271 e. The molecule has 102 valence electrons. The summed E-state index contributed by atoms with van der Waals surface area (Å²) >= 11 is 1.56. The molecule has 0 saturated carbocycles. The number of alkyl halides is 3. The summed E-state index contributed by atoms with van der Waals surface area (Å²) in [4.78, 5) is 0.881. The van der Waals surface area contributed by atoms with E-state index in [0.717, 1.165) is 10.6 Å². The fourth-order valence-electron chi connectivity index (χ4n) is 1.52. The van der Waals surface area contributed by atoms with E-state index in [-0.39, 0.29) is 6.54 Å². The Kier molecular flexibility index (Phi) is 4.52. The first-order chi connectivity index (χ1) is 9.03. The van der Waals surface area contributed by atoms with Gasteiger partial charge in [0.1, 0.15) is 0 Å². The summed E-state index contributed by atoms with van der Waals surface area (Å²) < 4.78 is 37.5. The van der Waals surface area contributed by atoms with E-state index in [1.165, 1.54) is 10.2 Å². The van der Waals surface area contributed by atoms with Crippen LogP contribution in [-0.2, 0) is 12.3 Å². The van der Waals surface area contributed by atoms with Crippen molar-refractivity contribution in [2.45, 2.75) is 29.8 Å². The molecule has 0 saturated heterocycles. The van der Waals surface area contributed by atoms with Gasteiger partial charge in [-0.25, -0.2) is 0 Å². The number of nitrogens with zero attached hydrogens (tertiary/aromatic N) is 2. The number of aryl methyl sites for hydroxylation is 1. The van der Waals surface area contributed by atoms with Crippen LogP contribution >= 0.6 is 11.8 Å². The summed E-state index contributed by atoms with van der Waals surface area (Å²) in [5.74, 6) is 0.784. The van der Waals surface area contributed by atoms with E-state index >= 15 is 0 Å². The van der Waals surface area contributed by atoms with Crippen LogP contribution in [0.4, 0.5) is 13.2 Å². The van der Waals surface area contributed by atoms with Crippen molar-refractivity contribution < 1.29 is 13.2 Å². The van der Waals surface area contributed by atoms with Crippen LogP contribution in [0.5, 0.6) is 0 Å². The smallest absolute Gasteiger partial charge is 0.271 e. The van der Waals surface area contributed by atoms with E-state index in [2.05, 4.69) is 5.10 Å². The van der Waals surface area contributed by atoms with Crippen LogP contribution in [0.3, 0.4) is 0 Å². The highest BCUT2D eigenvalue weighted by Gasteiger charge is 2.26. The number of hydrogen-bond acceptors (Lipinski definition) is 2. The third kappa shape index (κ3) is 4.98. The molecule has 1 aromatic carbocycles. The van der Waals surface area contributed by atoms with E-state index in [4.69, 9.17) is 0 Å². The topological polar surface area (TPSA) is 17.8 Å². The molecule has 0 aliphatic carbocycles. The van der Waals surface area contributed by atoms with Crippen molar-refractivity contribution in [3.05, 3.63) is 48.3 Å². The molecule has 2 aromatic rings. The maximum Gasteiger partial charge on any atom is 0.390 e. The molecular formula is C13H13F3N2S. The molecular weight excluding hydrogens is 273 g/mol. The number of aromatic nitrogens is 2. The lowest BCUT2D eigenvalue weighted by molar-refractivity contribution is -0.137. The van der Waals surface area contributed by atoms with Crippen molar-refractivity contribution in [2.24, 2.45) is 0 Å². The third-order valence-electron chi connectivity index (χ3n) is 2.48. The molecule has 19 heavy (non-hydrogen) atoms. The highest BCUT2D eigenvalue weighted by Crippen LogP contribution is 2.23. The molecule has 0 spiro atoms. The first-order valence-electron chi connectivity index (χ1n) is 5.79. The minimum atomic E-state index is -4.14. The van der Waals surface area contributed by atoms with E-state index in [1.54, 1.807) is 24.2 Å². The van der Waals surface area contributed by atoms with Crippen molar-refractivity contribution in [2.75, 3.05) is 0 Å². The summed E-state index contributed by atoms with van der Waals surface area (Å²) in [6, 6.07) is 9.90. The lowest BCUT2D eigenvalue weighted by atomic mass is 10.2. The maximum absolute atomic E-state index is 12.1. The molecule has 0 aliphatic heterocycles. The minimum absolute atomic E-state index is 0.130. The van der Waals surface area contributed by atoms with Gasteiger partial charge in [0.15, 0.2) is 0 Å². The van der Waals surface area contributed by atoms with Gasteiger partial charge in [-0.15, -0.1) is 11.8 Å². The van der Waals surface area contributed by atoms with Gasteiger partial charge in [-0.2, -0.15) is 18.3 Å². The Labute approximate surface area is 113 Å². The van der Waals surface area contributed by atoms with Crippen LogP contribution in [0.2, 0.25) is 0 Å². The summed E-state index contributed by atoms with van der Waals surface area (Å²) in [5.41, 5.74) is 1.18. The quantitative estimate of drug-likeness (QED) is 0.769. The Morgan fingerprint density at radius 1 is 1.16 bits per heavy atom. The van der Waals surface area contributed by atoms with Crippen LogP contribution in [0.15, 0.2) is 47.6 Å². The fraction of sp³-hybridized carbons (Fsp3) is 0.308. The molecule has 1 heterocycles. The summed E-state index contributed by atoms with van der Waals surface area (Å²) in [6.07, 6.45) is -1.73. The van der Waals surface area contributed by atoms with Crippen molar-refractivity contribution in [3.8, 4) is 0 Å². The number of benzene rings is 1. The van der Waals surface area contributed by atoms with E-state index in [9.17, 15) is 13.2 Å². The predicted octanol–water partition coefficient (Wildman–Crippen LogP) is 4.13. The maximum atomic E-state index is 12.1. The fourth-order valence-corrected chi connectivity index (χ4v) is 2.37. The van der Waals surface area contributed by atoms with Crippen molar-refractivity contribution in [3.63, 3.8) is 0 Å². The van der Waals surface area contributed by atoms with Crippen LogP contribution in [0.1, 0.15) is 12.0 Å². The van der Waals surface area contributed by atoms with E-state index < -0.39 is 12.6 Å². The molecule has 0 aliphatic rings. The highest BCUT2D eigenvalue weighted by atomic mass is 32.2. The Bertz CT molecular complexity index is 508. The molecule has 0 fully saturated rings. The Balaban J connectivity index is 1.84. The summed E-state index contributed by atoms with van der Waals surface area (Å²) in [5, 5.41) is 3.93. The van der Waals surface area contributed by atoms with Gasteiger partial charge in [0.2, 0.25) is 0 Å². The number of thioether (sulfide) groups is 1. The summed E-state index contributed by atoms with van der Waals surface area (Å²) in [7, 11) is 0. The largest absolute Gasteiger partial charge is 0.390 e. The number of rotatable bonds is 5. The van der Waals surface area contributed by atoms with E-state index in [1.807, 2.05) is 30.3 Å². The average Bonchev–Trinajstić information content (AvgIpc) is 2.82. The lowest BCUT2D eigenvalue weighted by Gasteiger charge is -2.05. The van der Waals surface area contributed by atoms with Crippen molar-refractivity contribution in [1.29, 1.82) is 0 Å². The molecule has 0 unspecified atom stereocenters. The zero-order valence-corrected chi connectivity index (χ0v) is 10.9. The van der Waals surface area contributed by atoms with Gasteiger partial charge in [0, 0.05) is 23.4 Å². The van der Waals surface area contributed by atoms with Crippen LogP contribution in [0.25, 0.3) is 0 Å². The van der Waals surface area contributed by atoms with Crippen LogP contribution < -0.4 is 0 Å². The third-order valence-corrected chi connectivity index (χ3v) is 3.50. The lowest BCUT2D eigenvalue weighted by Crippen LogP contribution is -2.12. The van der Waals surface area contributed by atoms with Gasteiger partial charge in [0.25, 0.3) is 0 Å². The second kappa shape index (κ2) is 6.14. The molecule has 1 aromatic heterocycles. The zero-order valence-electron chi connectivity index (χ0n) is 10.1.